The molecule has 1 unspecified atom stereocenters. The molecule has 1 saturated heterocycles. The van der Waals surface area contributed by atoms with Gasteiger partial charge in [-0.15, -0.1) is 0 Å². The second kappa shape index (κ2) is 7.70. The lowest BCUT2D eigenvalue weighted by atomic mass is 9.96. The summed E-state index contributed by atoms with van der Waals surface area (Å²) in [6.07, 6.45) is 3.28. The van der Waals surface area contributed by atoms with Crippen molar-refractivity contribution >= 4 is 11.4 Å². The number of likely N-dealkylation sites (tertiary alicyclic amines) is 1. The Morgan fingerprint density at radius 1 is 1.28 bits per heavy atom. The van der Waals surface area contributed by atoms with Crippen molar-refractivity contribution in [2.75, 3.05) is 13.1 Å². The number of halogens is 1. The van der Waals surface area contributed by atoms with Gasteiger partial charge in [-0.3, -0.25) is 9.59 Å². The number of amides is 1. The second-order valence-electron chi connectivity index (χ2n) is 8.14. The first-order chi connectivity index (χ1) is 15.4. The molecule has 1 fully saturated rings. The zero-order chi connectivity index (χ0) is 22.4. The fourth-order valence-corrected chi connectivity index (χ4v) is 4.01. The van der Waals surface area contributed by atoms with Crippen LogP contribution in [-0.4, -0.2) is 48.6 Å². The topological polar surface area (TPSA) is 109 Å². The molecule has 0 radical (unpaired) electrons. The lowest BCUT2D eigenvalue weighted by Gasteiger charge is -2.31. The molecule has 1 aliphatic heterocycles. The van der Waals surface area contributed by atoms with Crippen LogP contribution in [0.25, 0.3) is 17.1 Å². The molecule has 164 valence electrons. The Morgan fingerprint density at radius 2 is 2.12 bits per heavy atom. The van der Waals surface area contributed by atoms with E-state index in [1.54, 1.807) is 43.1 Å². The largest absolute Gasteiger partial charge is 0.338 e. The third-order valence-corrected chi connectivity index (χ3v) is 5.75. The van der Waals surface area contributed by atoms with Gasteiger partial charge in [0.15, 0.2) is 11.5 Å². The van der Waals surface area contributed by atoms with E-state index in [0.29, 0.717) is 46.9 Å². The molecule has 0 spiro atoms. The number of carbonyl (C=O) groups excluding carboxylic acids is 1. The van der Waals surface area contributed by atoms with Gasteiger partial charge in [0.1, 0.15) is 11.3 Å². The lowest BCUT2D eigenvalue weighted by Crippen LogP contribution is -2.39. The maximum Gasteiger partial charge on any atom is 0.278 e. The van der Waals surface area contributed by atoms with E-state index in [0.717, 1.165) is 12.8 Å². The molecule has 32 heavy (non-hydrogen) atoms. The number of aromatic nitrogens is 5. The molecule has 3 aromatic heterocycles. The van der Waals surface area contributed by atoms with Crippen molar-refractivity contribution < 1.29 is 13.7 Å². The van der Waals surface area contributed by atoms with E-state index in [-0.39, 0.29) is 23.3 Å². The number of fused-ring (bicyclic) bond motifs is 1. The summed E-state index contributed by atoms with van der Waals surface area (Å²) in [4.78, 5) is 33.9. The van der Waals surface area contributed by atoms with Gasteiger partial charge < -0.3 is 14.4 Å². The van der Waals surface area contributed by atoms with Crippen LogP contribution in [0.2, 0.25) is 0 Å². The summed E-state index contributed by atoms with van der Waals surface area (Å²) in [7, 11) is 0. The SMILES string of the molecule is Cc1cn2nc(-c3nc(C4CCCN(C(=O)c5ccc(C)c(F)c5)C4)no3)cc2c(=O)[nH]1. The van der Waals surface area contributed by atoms with Crippen LogP contribution in [-0.2, 0) is 0 Å². The van der Waals surface area contributed by atoms with E-state index in [1.165, 1.54) is 10.6 Å². The Morgan fingerprint density at radius 3 is 2.94 bits per heavy atom. The van der Waals surface area contributed by atoms with Crippen LogP contribution >= 0.6 is 0 Å². The van der Waals surface area contributed by atoms with E-state index in [1.807, 2.05) is 0 Å². The highest BCUT2D eigenvalue weighted by Gasteiger charge is 2.29. The molecule has 0 bridgehead atoms. The average molecular weight is 436 g/mol. The summed E-state index contributed by atoms with van der Waals surface area (Å²) in [6.45, 7) is 4.43. The highest BCUT2D eigenvalue weighted by Crippen LogP contribution is 2.28. The smallest absolute Gasteiger partial charge is 0.278 e. The zero-order valence-corrected chi connectivity index (χ0v) is 17.6. The Hall–Kier alpha value is -3.82. The summed E-state index contributed by atoms with van der Waals surface area (Å²) in [5.74, 6) is -0.0244. The standard InChI is InChI=1S/C22H21FN6O3/c1-12-5-6-14(8-16(12)23)22(31)28-7-3-4-15(11-28)19-25-21(32-27-19)17-9-18-20(30)24-13(2)10-29(18)26-17/h5-6,8-10,15H,3-4,7,11H2,1-2H3,(H,24,30). The molecule has 1 N–H and O–H groups in total. The molecule has 1 amide bonds. The number of nitrogens with one attached hydrogen (secondary N) is 1. The molecule has 10 heteroatoms. The van der Waals surface area contributed by atoms with E-state index in [9.17, 15) is 14.0 Å². The van der Waals surface area contributed by atoms with Gasteiger partial charge in [0.25, 0.3) is 17.4 Å². The quantitative estimate of drug-likeness (QED) is 0.529. The summed E-state index contributed by atoms with van der Waals surface area (Å²) in [5.41, 5.74) is 2.04. The third kappa shape index (κ3) is 3.57. The second-order valence-corrected chi connectivity index (χ2v) is 8.14. The minimum Gasteiger partial charge on any atom is -0.338 e. The van der Waals surface area contributed by atoms with Gasteiger partial charge in [-0.2, -0.15) is 10.1 Å². The van der Waals surface area contributed by atoms with Crippen molar-refractivity contribution in [1.29, 1.82) is 0 Å². The highest BCUT2D eigenvalue weighted by atomic mass is 19.1. The van der Waals surface area contributed by atoms with Crippen molar-refractivity contribution in [1.82, 2.24) is 29.6 Å². The first kappa shape index (κ1) is 20.1. The molecular formula is C22H21FN6O3. The van der Waals surface area contributed by atoms with Crippen LogP contribution in [0.3, 0.4) is 0 Å². The number of aryl methyl sites for hydroxylation is 2. The van der Waals surface area contributed by atoms with Gasteiger partial charge in [-0.1, -0.05) is 11.2 Å². The van der Waals surface area contributed by atoms with Crippen LogP contribution in [0, 0.1) is 19.7 Å². The third-order valence-electron chi connectivity index (χ3n) is 5.75. The summed E-state index contributed by atoms with van der Waals surface area (Å²) < 4.78 is 20.8. The van der Waals surface area contributed by atoms with Gasteiger partial charge in [-0.05, 0) is 44.4 Å². The first-order valence-corrected chi connectivity index (χ1v) is 10.4. The molecule has 1 atom stereocenters. The molecule has 0 aliphatic carbocycles. The number of nitrogens with zero attached hydrogens (tertiary/aromatic N) is 5. The van der Waals surface area contributed by atoms with E-state index < -0.39 is 5.82 Å². The van der Waals surface area contributed by atoms with Crippen LogP contribution in [0.5, 0.6) is 0 Å². The van der Waals surface area contributed by atoms with Crippen LogP contribution in [0.1, 0.15) is 46.2 Å². The number of hydrogen-bond acceptors (Lipinski definition) is 6. The van der Waals surface area contributed by atoms with Gasteiger partial charge in [0, 0.05) is 42.5 Å². The minimum atomic E-state index is -0.395. The van der Waals surface area contributed by atoms with Gasteiger partial charge in [0.05, 0.1) is 0 Å². The van der Waals surface area contributed by atoms with Crippen LogP contribution in [0.4, 0.5) is 4.39 Å². The zero-order valence-electron chi connectivity index (χ0n) is 17.6. The summed E-state index contributed by atoms with van der Waals surface area (Å²) in [6, 6.07) is 6.12. The maximum atomic E-state index is 13.9. The monoisotopic (exact) mass is 436 g/mol. The Bertz CT molecular complexity index is 1390. The van der Waals surface area contributed by atoms with Crippen molar-refractivity contribution in [2.24, 2.45) is 0 Å². The fourth-order valence-electron chi connectivity index (χ4n) is 4.01. The van der Waals surface area contributed by atoms with Gasteiger partial charge in [-0.25, -0.2) is 8.91 Å². The predicted octanol–water partition coefficient (Wildman–Crippen LogP) is 2.85. The van der Waals surface area contributed by atoms with Crippen LogP contribution < -0.4 is 5.56 Å². The Labute approximate surface area is 181 Å². The Balaban J connectivity index is 1.37. The lowest BCUT2D eigenvalue weighted by molar-refractivity contribution is 0.0703. The summed E-state index contributed by atoms with van der Waals surface area (Å²) >= 11 is 0. The number of H-pyrrole nitrogens is 1. The molecule has 1 aromatic carbocycles. The number of piperidine rings is 1. The molecular weight excluding hydrogens is 415 g/mol. The normalized spacial score (nSPS) is 16.6. The van der Waals surface area contributed by atoms with E-state index in [4.69, 9.17) is 4.52 Å². The molecule has 4 heterocycles. The number of carbonyl (C=O) groups is 1. The highest BCUT2D eigenvalue weighted by molar-refractivity contribution is 5.94. The fraction of sp³-hybridized carbons (Fsp3) is 0.318. The summed E-state index contributed by atoms with van der Waals surface area (Å²) in [5, 5.41) is 8.46. The molecule has 4 aromatic rings. The van der Waals surface area contributed by atoms with Gasteiger partial charge in [0.2, 0.25) is 0 Å². The van der Waals surface area contributed by atoms with Crippen LogP contribution in [0.15, 0.2) is 39.8 Å². The van der Waals surface area contributed by atoms with Gasteiger partial charge >= 0.3 is 0 Å². The van der Waals surface area contributed by atoms with E-state index >= 15 is 0 Å². The number of aromatic amines is 1. The van der Waals surface area contributed by atoms with Crippen molar-refractivity contribution in [3.8, 4) is 11.6 Å². The van der Waals surface area contributed by atoms with Crippen molar-refractivity contribution in [3.05, 3.63) is 69.3 Å². The molecule has 5 rings (SSSR count). The van der Waals surface area contributed by atoms with Crippen molar-refractivity contribution in [3.63, 3.8) is 0 Å². The number of benzene rings is 1. The Kier molecular flexibility index (Phi) is 4.84. The van der Waals surface area contributed by atoms with E-state index in [2.05, 4.69) is 20.2 Å². The number of hydrogen-bond donors (Lipinski definition) is 1. The van der Waals surface area contributed by atoms with Crippen molar-refractivity contribution in [2.45, 2.75) is 32.6 Å². The number of rotatable bonds is 3. The minimum absolute atomic E-state index is 0.108. The molecule has 0 saturated carbocycles. The predicted molar refractivity (Wildman–Crippen MR) is 113 cm³/mol. The maximum absolute atomic E-state index is 13.9. The average Bonchev–Trinajstić information content (AvgIpc) is 3.43. The first-order valence-electron chi connectivity index (χ1n) is 10.4. The molecule has 9 nitrogen and oxygen atoms in total. The molecule has 1 aliphatic rings.